The van der Waals surface area contributed by atoms with Gasteiger partial charge in [-0.3, -0.25) is 30.1 Å². The predicted molar refractivity (Wildman–Crippen MR) is 125 cm³/mol. The van der Waals surface area contributed by atoms with Gasteiger partial charge in [-0.1, -0.05) is 42.5 Å². The highest BCUT2D eigenvalue weighted by Gasteiger charge is 2.34. The Morgan fingerprint density at radius 3 is 2.33 bits per heavy atom. The van der Waals surface area contributed by atoms with Crippen LogP contribution in [0.25, 0.3) is 10.9 Å². The third-order valence-corrected chi connectivity index (χ3v) is 5.62. The second-order valence-electron chi connectivity index (χ2n) is 7.87. The molecule has 3 amide bonds. The molecule has 0 atom stereocenters. The zero-order valence-corrected chi connectivity index (χ0v) is 17.8. The van der Waals surface area contributed by atoms with Gasteiger partial charge in [0, 0.05) is 10.9 Å². The van der Waals surface area contributed by atoms with Crippen molar-refractivity contribution in [3.63, 3.8) is 0 Å². The Bertz CT molecular complexity index is 1400. The molecule has 33 heavy (non-hydrogen) atoms. The zero-order valence-electron chi connectivity index (χ0n) is 17.8. The van der Waals surface area contributed by atoms with Gasteiger partial charge in [0.1, 0.15) is 5.82 Å². The number of aromatic nitrogens is 1. The highest BCUT2D eigenvalue weighted by molar-refractivity contribution is 6.21. The number of rotatable bonds is 5. The van der Waals surface area contributed by atoms with E-state index in [4.69, 9.17) is 0 Å². The van der Waals surface area contributed by atoms with E-state index in [1.54, 1.807) is 48.5 Å². The minimum Gasteiger partial charge on any atom is -0.281 e. The molecule has 0 aliphatic carbocycles. The lowest BCUT2D eigenvalue weighted by molar-refractivity contribution is 0.0642. The summed E-state index contributed by atoms with van der Waals surface area (Å²) in [6.07, 6.45) is 0. The number of hydrogen-bond donors (Lipinski definition) is 2. The number of para-hydroxylation sites is 1. The number of nitrogens with zero attached hydrogens (tertiary/aromatic N) is 2. The average molecular weight is 436 g/mol. The van der Waals surface area contributed by atoms with Crippen molar-refractivity contribution in [1.29, 1.82) is 0 Å². The summed E-state index contributed by atoms with van der Waals surface area (Å²) in [5.74, 6) is -0.451. The van der Waals surface area contributed by atoms with Gasteiger partial charge in [0.2, 0.25) is 0 Å². The maximum absolute atomic E-state index is 12.7. The molecule has 1 aliphatic heterocycles. The molecule has 7 nitrogen and oxygen atoms in total. The summed E-state index contributed by atoms with van der Waals surface area (Å²) in [5, 5.41) is 1.02. The normalized spacial score (nSPS) is 12.7. The number of hydrazine groups is 1. The summed E-state index contributed by atoms with van der Waals surface area (Å²) in [7, 11) is 0. The van der Waals surface area contributed by atoms with E-state index in [0.717, 1.165) is 16.5 Å². The quantitative estimate of drug-likeness (QED) is 0.363. The molecule has 2 N–H and O–H groups in total. The molecule has 5 rings (SSSR count). The summed E-state index contributed by atoms with van der Waals surface area (Å²) in [6.45, 7) is 2.00. The molecular formula is C26H20N4O3. The standard InChI is InChI=1S/C26H20N4O3/c1-16-13-18-8-2-5-12-22(18)27-23(16)28-29-24(31)19-9-6-7-17(14-19)15-30-25(32)20-10-3-4-11-21(20)26(30)33/h2-14H,15H2,1H3,(H,27,28)(H,29,31). The van der Waals surface area contributed by atoms with E-state index < -0.39 is 0 Å². The number of hydrogen-bond acceptors (Lipinski definition) is 5. The van der Waals surface area contributed by atoms with Crippen LogP contribution in [0.5, 0.6) is 0 Å². The maximum Gasteiger partial charge on any atom is 0.269 e. The largest absolute Gasteiger partial charge is 0.281 e. The molecule has 0 unspecified atom stereocenters. The molecular weight excluding hydrogens is 416 g/mol. The number of carbonyl (C=O) groups is 3. The first-order valence-electron chi connectivity index (χ1n) is 10.5. The van der Waals surface area contributed by atoms with E-state index in [9.17, 15) is 14.4 Å². The van der Waals surface area contributed by atoms with Crippen LogP contribution in [0, 0.1) is 6.92 Å². The topological polar surface area (TPSA) is 91.4 Å². The Morgan fingerprint density at radius 2 is 1.58 bits per heavy atom. The summed E-state index contributed by atoms with van der Waals surface area (Å²) in [6, 6.07) is 23.4. The van der Waals surface area contributed by atoms with Crippen LogP contribution in [0.4, 0.5) is 5.82 Å². The Kier molecular flexibility index (Phi) is 5.06. The van der Waals surface area contributed by atoms with Crippen molar-refractivity contribution >= 4 is 34.4 Å². The molecule has 162 valence electrons. The first kappa shape index (κ1) is 20.4. The van der Waals surface area contributed by atoms with Crippen molar-refractivity contribution in [2.45, 2.75) is 13.5 Å². The van der Waals surface area contributed by atoms with Gasteiger partial charge >= 0.3 is 0 Å². The van der Waals surface area contributed by atoms with Crippen molar-refractivity contribution in [2.75, 3.05) is 5.43 Å². The van der Waals surface area contributed by atoms with E-state index in [0.29, 0.717) is 28.1 Å². The van der Waals surface area contributed by atoms with Crippen LogP contribution in [0.1, 0.15) is 42.2 Å². The molecule has 3 aromatic carbocycles. The SMILES string of the molecule is Cc1cc2ccccc2nc1NNC(=O)c1cccc(CN2C(=O)c3ccccc3C2=O)c1. The number of benzene rings is 3. The molecule has 1 aromatic heterocycles. The zero-order chi connectivity index (χ0) is 22.9. The molecule has 0 spiro atoms. The Hall–Kier alpha value is -4.52. The highest BCUT2D eigenvalue weighted by Crippen LogP contribution is 2.24. The molecule has 0 bridgehead atoms. The molecule has 0 fully saturated rings. The van der Waals surface area contributed by atoms with Crippen molar-refractivity contribution in [2.24, 2.45) is 0 Å². The monoisotopic (exact) mass is 436 g/mol. The maximum atomic E-state index is 12.7. The van der Waals surface area contributed by atoms with Crippen LogP contribution in [-0.4, -0.2) is 27.6 Å². The Balaban J connectivity index is 1.30. The van der Waals surface area contributed by atoms with Gasteiger partial charge in [-0.05, 0) is 54.4 Å². The van der Waals surface area contributed by atoms with Gasteiger partial charge in [0.25, 0.3) is 17.7 Å². The van der Waals surface area contributed by atoms with Crippen LogP contribution in [-0.2, 0) is 6.54 Å². The van der Waals surface area contributed by atoms with Gasteiger partial charge in [0.15, 0.2) is 0 Å². The van der Waals surface area contributed by atoms with Crippen LogP contribution in [0.3, 0.4) is 0 Å². The average Bonchev–Trinajstić information content (AvgIpc) is 3.07. The molecule has 0 radical (unpaired) electrons. The molecule has 2 heterocycles. The molecule has 4 aromatic rings. The number of carbonyl (C=O) groups excluding carboxylic acids is 3. The number of imide groups is 1. The highest BCUT2D eigenvalue weighted by atomic mass is 16.2. The van der Waals surface area contributed by atoms with Crippen LogP contribution < -0.4 is 10.9 Å². The molecule has 1 aliphatic rings. The van der Waals surface area contributed by atoms with Gasteiger partial charge in [0.05, 0.1) is 23.2 Å². The summed E-state index contributed by atoms with van der Waals surface area (Å²) in [4.78, 5) is 43.7. The summed E-state index contributed by atoms with van der Waals surface area (Å²) in [5.41, 5.74) is 9.17. The van der Waals surface area contributed by atoms with Crippen molar-refractivity contribution in [3.8, 4) is 0 Å². The molecule has 7 heteroatoms. The van der Waals surface area contributed by atoms with E-state index >= 15 is 0 Å². The molecule has 0 saturated carbocycles. The van der Waals surface area contributed by atoms with E-state index in [2.05, 4.69) is 15.8 Å². The number of aryl methyl sites for hydroxylation is 1. The lowest BCUT2D eigenvalue weighted by atomic mass is 10.1. The lowest BCUT2D eigenvalue weighted by Crippen LogP contribution is -2.31. The summed E-state index contributed by atoms with van der Waals surface area (Å²) >= 11 is 0. The lowest BCUT2D eigenvalue weighted by Gasteiger charge is -2.15. The van der Waals surface area contributed by atoms with Gasteiger partial charge in [-0.2, -0.15) is 0 Å². The third kappa shape index (κ3) is 3.80. The fraction of sp³-hybridized carbons (Fsp3) is 0.0769. The first-order chi connectivity index (χ1) is 16.0. The van der Waals surface area contributed by atoms with E-state index in [1.807, 2.05) is 37.3 Å². The minimum absolute atomic E-state index is 0.0895. The minimum atomic E-state index is -0.353. The fourth-order valence-corrected chi connectivity index (χ4v) is 3.91. The van der Waals surface area contributed by atoms with Crippen LogP contribution >= 0.6 is 0 Å². The fourth-order valence-electron chi connectivity index (χ4n) is 3.91. The number of nitrogens with one attached hydrogen (secondary N) is 2. The van der Waals surface area contributed by atoms with Crippen molar-refractivity contribution in [1.82, 2.24) is 15.3 Å². The van der Waals surface area contributed by atoms with Crippen molar-refractivity contribution in [3.05, 3.63) is 107 Å². The number of pyridine rings is 1. The second-order valence-corrected chi connectivity index (χ2v) is 7.87. The Morgan fingerprint density at radius 1 is 0.879 bits per heavy atom. The van der Waals surface area contributed by atoms with E-state index in [-0.39, 0.29) is 24.3 Å². The van der Waals surface area contributed by atoms with Crippen LogP contribution in [0.2, 0.25) is 0 Å². The van der Waals surface area contributed by atoms with Gasteiger partial charge < -0.3 is 0 Å². The van der Waals surface area contributed by atoms with E-state index in [1.165, 1.54) is 4.90 Å². The van der Waals surface area contributed by atoms with Crippen LogP contribution in [0.15, 0.2) is 78.9 Å². The smallest absolute Gasteiger partial charge is 0.269 e. The molecule has 0 saturated heterocycles. The summed E-state index contributed by atoms with van der Waals surface area (Å²) < 4.78 is 0. The number of amides is 3. The van der Waals surface area contributed by atoms with Gasteiger partial charge in [-0.25, -0.2) is 4.98 Å². The number of anilines is 1. The van der Waals surface area contributed by atoms with Gasteiger partial charge in [-0.15, -0.1) is 0 Å². The Labute approximate surface area is 190 Å². The third-order valence-electron chi connectivity index (χ3n) is 5.62. The van der Waals surface area contributed by atoms with Crippen molar-refractivity contribution < 1.29 is 14.4 Å². The first-order valence-corrected chi connectivity index (χ1v) is 10.5. The number of fused-ring (bicyclic) bond motifs is 2. The second kappa shape index (κ2) is 8.20. The predicted octanol–water partition coefficient (Wildman–Crippen LogP) is 4.10.